The lowest BCUT2D eigenvalue weighted by atomic mass is 10.2. The summed E-state index contributed by atoms with van der Waals surface area (Å²) in [5.74, 6) is 0.623. The van der Waals surface area contributed by atoms with E-state index in [-0.39, 0.29) is 19.4 Å². The maximum atomic E-state index is 13.8. The van der Waals surface area contributed by atoms with E-state index >= 15 is 0 Å². The van der Waals surface area contributed by atoms with Gasteiger partial charge in [-0.15, -0.1) is 0 Å². The minimum Gasteiger partial charge on any atom is -0.494 e. The number of alkyl halides is 1. The molecule has 8 heteroatoms. The Morgan fingerprint density at radius 3 is 2.76 bits per heavy atom. The van der Waals surface area contributed by atoms with E-state index in [0.717, 1.165) is 4.47 Å². The molecule has 1 heterocycles. The fourth-order valence-corrected chi connectivity index (χ4v) is 3.14. The van der Waals surface area contributed by atoms with Gasteiger partial charge >= 0.3 is 6.09 Å². The number of rotatable bonds is 5. The van der Waals surface area contributed by atoms with Crippen LogP contribution in [0.1, 0.15) is 39.3 Å². The Bertz CT molecular complexity index is 609. The van der Waals surface area contributed by atoms with E-state index in [1.54, 1.807) is 40.1 Å². The first-order chi connectivity index (χ1) is 11.7. The quantitative estimate of drug-likeness (QED) is 0.787. The van der Waals surface area contributed by atoms with Crippen LogP contribution in [-0.2, 0) is 16.1 Å². The molecule has 6 nitrogen and oxygen atoms in total. The van der Waals surface area contributed by atoms with Crippen LogP contribution in [-0.4, -0.2) is 42.1 Å². The van der Waals surface area contributed by atoms with Crippen LogP contribution in [0.25, 0.3) is 0 Å². The minimum atomic E-state index is -1.01. The molecule has 1 aromatic rings. The highest BCUT2D eigenvalue weighted by molar-refractivity contribution is 9.10. The van der Waals surface area contributed by atoms with Gasteiger partial charge < -0.3 is 19.5 Å². The summed E-state index contributed by atoms with van der Waals surface area (Å²) in [5.41, 5.74) is 0.0824. The molecule has 140 valence electrons. The fourth-order valence-electron chi connectivity index (χ4n) is 2.61. The van der Waals surface area contributed by atoms with Crippen LogP contribution in [0.2, 0.25) is 0 Å². The van der Waals surface area contributed by atoms with Crippen LogP contribution < -0.4 is 10.1 Å². The second-order valence-electron chi connectivity index (χ2n) is 6.98. The predicted octanol–water partition coefficient (Wildman–Crippen LogP) is 3.76. The molecule has 1 aliphatic carbocycles. The molecule has 1 aromatic heterocycles. The fraction of sp³-hybridized carbons (Fsp3) is 0.647. The van der Waals surface area contributed by atoms with Crippen LogP contribution in [0.5, 0.6) is 5.75 Å². The Balaban J connectivity index is 1.93. The lowest BCUT2D eigenvalue weighted by Gasteiger charge is -2.24. The average molecular weight is 419 g/mol. The van der Waals surface area contributed by atoms with Crippen molar-refractivity contribution in [3.63, 3.8) is 0 Å². The number of aromatic nitrogens is 1. The first-order valence-corrected chi connectivity index (χ1v) is 8.91. The molecule has 0 aromatic carbocycles. The van der Waals surface area contributed by atoms with Crippen molar-refractivity contribution in [2.45, 2.75) is 64.1 Å². The molecule has 1 saturated carbocycles. The van der Waals surface area contributed by atoms with Crippen LogP contribution in [0.3, 0.4) is 0 Å². The molecule has 1 amide bonds. The van der Waals surface area contributed by atoms with Crippen molar-refractivity contribution in [3.05, 3.63) is 22.4 Å². The number of alkyl carbamates (subject to hydrolysis) is 1. The number of ether oxygens (including phenoxy) is 3. The Morgan fingerprint density at radius 1 is 1.44 bits per heavy atom. The summed E-state index contributed by atoms with van der Waals surface area (Å²) in [5, 5.41) is 2.71. The molecular weight excluding hydrogens is 395 g/mol. The first-order valence-electron chi connectivity index (χ1n) is 8.11. The molecule has 1 fully saturated rings. The number of nitrogens with one attached hydrogen (secondary N) is 1. The number of carbonyl (C=O) groups is 1. The summed E-state index contributed by atoms with van der Waals surface area (Å²) in [7, 11) is 1.56. The van der Waals surface area contributed by atoms with Gasteiger partial charge in [0, 0.05) is 12.8 Å². The van der Waals surface area contributed by atoms with Gasteiger partial charge in [-0.25, -0.2) is 9.18 Å². The van der Waals surface area contributed by atoms with Crippen LogP contribution >= 0.6 is 15.9 Å². The van der Waals surface area contributed by atoms with Crippen LogP contribution in [0.4, 0.5) is 9.18 Å². The van der Waals surface area contributed by atoms with Crippen molar-refractivity contribution in [2.75, 3.05) is 7.11 Å². The summed E-state index contributed by atoms with van der Waals surface area (Å²) in [4.78, 5) is 16.2. The second kappa shape index (κ2) is 8.31. The lowest BCUT2D eigenvalue weighted by molar-refractivity contribution is 0.0140. The average Bonchev–Trinajstić information content (AvgIpc) is 2.82. The Labute approximate surface area is 155 Å². The second-order valence-corrected chi connectivity index (χ2v) is 7.84. The number of nitrogens with zero attached hydrogens (tertiary/aromatic N) is 1. The third-order valence-corrected chi connectivity index (χ3v) is 4.31. The van der Waals surface area contributed by atoms with Gasteiger partial charge in [0.1, 0.15) is 11.8 Å². The zero-order valence-electron chi connectivity index (χ0n) is 14.8. The van der Waals surface area contributed by atoms with E-state index in [9.17, 15) is 9.18 Å². The molecule has 25 heavy (non-hydrogen) atoms. The molecule has 0 bridgehead atoms. The highest BCUT2D eigenvalue weighted by atomic mass is 79.9. The van der Waals surface area contributed by atoms with E-state index in [4.69, 9.17) is 14.2 Å². The maximum Gasteiger partial charge on any atom is 0.407 e. The molecule has 0 spiro atoms. The SMILES string of the molecule is COc1cnc(CO[C@@H]2C[C@H](F)CC2NC(=O)OC(C)(C)C)cc1Br. The molecule has 2 rings (SSSR count). The molecule has 1 unspecified atom stereocenters. The van der Waals surface area contributed by atoms with E-state index in [1.165, 1.54) is 0 Å². The molecule has 3 atom stereocenters. The summed E-state index contributed by atoms with van der Waals surface area (Å²) in [6, 6.07) is 1.36. The highest BCUT2D eigenvalue weighted by Gasteiger charge is 2.37. The predicted molar refractivity (Wildman–Crippen MR) is 94.4 cm³/mol. The van der Waals surface area contributed by atoms with Gasteiger partial charge in [-0.2, -0.15) is 0 Å². The molecule has 1 aliphatic rings. The molecule has 1 N–H and O–H groups in total. The van der Waals surface area contributed by atoms with E-state index < -0.39 is 30.0 Å². The normalized spacial score (nSPS) is 23.4. The number of amides is 1. The van der Waals surface area contributed by atoms with Gasteiger partial charge in [0.25, 0.3) is 0 Å². The number of carbonyl (C=O) groups excluding carboxylic acids is 1. The smallest absolute Gasteiger partial charge is 0.407 e. The minimum absolute atomic E-state index is 0.212. The van der Waals surface area contributed by atoms with E-state index in [2.05, 4.69) is 26.2 Å². The first kappa shape index (κ1) is 19.9. The Morgan fingerprint density at radius 2 is 2.16 bits per heavy atom. The zero-order valence-corrected chi connectivity index (χ0v) is 16.4. The van der Waals surface area contributed by atoms with Crippen molar-refractivity contribution in [1.29, 1.82) is 0 Å². The third-order valence-electron chi connectivity index (χ3n) is 3.69. The summed E-state index contributed by atoms with van der Waals surface area (Å²) >= 11 is 3.39. The van der Waals surface area contributed by atoms with Crippen molar-refractivity contribution >= 4 is 22.0 Å². The molecule has 0 aliphatic heterocycles. The van der Waals surface area contributed by atoms with Gasteiger partial charge in [-0.1, -0.05) is 0 Å². The zero-order chi connectivity index (χ0) is 18.6. The topological polar surface area (TPSA) is 69.7 Å². The summed E-state index contributed by atoms with van der Waals surface area (Å²) < 4.78 is 30.7. The summed E-state index contributed by atoms with van der Waals surface area (Å²) in [6.45, 7) is 5.55. The van der Waals surface area contributed by atoms with Gasteiger partial charge in [-0.3, -0.25) is 4.98 Å². The van der Waals surface area contributed by atoms with Gasteiger partial charge in [0.05, 0.1) is 42.2 Å². The number of hydrogen-bond acceptors (Lipinski definition) is 5. The molecule has 0 radical (unpaired) electrons. The monoisotopic (exact) mass is 418 g/mol. The Kier molecular flexibility index (Phi) is 6.62. The largest absolute Gasteiger partial charge is 0.494 e. The summed E-state index contributed by atoms with van der Waals surface area (Å²) in [6.07, 6.45) is 0.0315. The highest BCUT2D eigenvalue weighted by Crippen LogP contribution is 2.28. The molecular formula is C17H24BrFN2O4. The van der Waals surface area contributed by atoms with Crippen LogP contribution in [0.15, 0.2) is 16.7 Å². The number of pyridine rings is 1. The van der Waals surface area contributed by atoms with Crippen molar-refractivity contribution in [2.24, 2.45) is 0 Å². The van der Waals surface area contributed by atoms with E-state index in [1.807, 2.05) is 0 Å². The van der Waals surface area contributed by atoms with E-state index in [0.29, 0.717) is 11.4 Å². The number of halogens is 2. The van der Waals surface area contributed by atoms with Gasteiger partial charge in [0.15, 0.2) is 5.75 Å². The van der Waals surface area contributed by atoms with Gasteiger partial charge in [-0.05, 0) is 42.8 Å². The van der Waals surface area contributed by atoms with Crippen molar-refractivity contribution in [1.82, 2.24) is 10.3 Å². The number of hydrogen-bond donors (Lipinski definition) is 1. The van der Waals surface area contributed by atoms with Crippen LogP contribution in [0, 0.1) is 0 Å². The van der Waals surface area contributed by atoms with Crippen molar-refractivity contribution in [3.8, 4) is 5.75 Å². The third kappa shape index (κ3) is 6.11. The van der Waals surface area contributed by atoms with Crippen molar-refractivity contribution < 1.29 is 23.4 Å². The maximum absolute atomic E-state index is 13.8. The lowest BCUT2D eigenvalue weighted by Crippen LogP contribution is -2.43. The number of methoxy groups -OCH3 is 1. The van der Waals surface area contributed by atoms with Gasteiger partial charge in [0.2, 0.25) is 0 Å². The molecule has 0 saturated heterocycles. The standard InChI is InChI=1S/C17H24BrFN2O4/c1-17(2,3)25-16(22)21-13-5-10(19)6-14(13)24-9-11-7-12(18)15(23-4)8-20-11/h7-8,10,13-14H,5-6,9H2,1-4H3,(H,21,22)/t10-,13?,14-/m1/s1. The Hall–Kier alpha value is -1.41.